The quantitative estimate of drug-likeness (QED) is 0.657. The van der Waals surface area contributed by atoms with E-state index in [0.717, 1.165) is 10.8 Å². The summed E-state index contributed by atoms with van der Waals surface area (Å²) < 4.78 is 50.2. The molecule has 8 heteroatoms. The van der Waals surface area contributed by atoms with Gasteiger partial charge in [-0.2, -0.15) is 8.78 Å². The average molecular weight is 253 g/mol. The molecule has 1 heterocycles. The Balaban J connectivity index is 3.14. The van der Waals surface area contributed by atoms with Crippen LogP contribution in [-0.4, -0.2) is 33.8 Å². The fourth-order valence-corrected chi connectivity index (χ4v) is 1.19. The number of rotatable bonds is 4. The molecule has 0 spiro atoms. The number of aromatic nitrogens is 1. The Morgan fingerprint density at radius 3 is 2.29 bits per heavy atom. The number of carboxylic acid groups (broad SMARTS) is 1. The molecule has 17 heavy (non-hydrogen) atoms. The molecule has 0 aliphatic carbocycles. The maximum Gasteiger partial charge on any atom is 0.368 e. The lowest BCUT2D eigenvalue weighted by molar-refractivity contribution is -0.0958. The van der Waals surface area contributed by atoms with Gasteiger partial charge in [0.2, 0.25) is 5.78 Å². The first-order valence-corrected chi connectivity index (χ1v) is 4.28. The van der Waals surface area contributed by atoms with Gasteiger partial charge in [0.1, 0.15) is 5.69 Å². The van der Waals surface area contributed by atoms with Crippen LogP contribution in [0.2, 0.25) is 0 Å². The van der Waals surface area contributed by atoms with Gasteiger partial charge in [0.05, 0.1) is 0 Å². The molecule has 1 aromatic heterocycles. The molecule has 0 bridgehead atoms. The number of aromatic carboxylic acids is 1. The summed E-state index contributed by atoms with van der Waals surface area (Å²) in [6.07, 6.45) is -3.37. The highest BCUT2D eigenvalue weighted by Gasteiger charge is 2.49. The molecular weight excluding hydrogens is 246 g/mol. The van der Waals surface area contributed by atoms with Crippen LogP contribution in [0.3, 0.4) is 0 Å². The molecule has 94 valence electrons. The molecule has 1 rings (SSSR count). The predicted octanol–water partition coefficient (Wildman–Crippen LogP) is 1.81. The standard InChI is InChI=1S/C9H7F4NO3/c1-14-3-4(2-5(14)7(16)17)6(15)9(12,13)8(10)11/h2-3,8H,1H3,(H,16,17). The van der Waals surface area contributed by atoms with Crippen molar-refractivity contribution < 1.29 is 32.3 Å². The molecule has 1 aromatic rings. The first-order chi connectivity index (χ1) is 7.67. The van der Waals surface area contributed by atoms with Gasteiger partial charge >= 0.3 is 18.3 Å². The van der Waals surface area contributed by atoms with Gasteiger partial charge in [-0.05, 0) is 6.07 Å². The Bertz CT molecular complexity index is 467. The number of ketones is 1. The second-order valence-corrected chi connectivity index (χ2v) is 3.28. The zero-order valence-corrected chi connectivity index (χ0v) is 8.45. The van der Waals surface area contributed by atoms with Gasteiger partial charge in [0.15, 0.2) is 0 Å². The van der Waals surface area contributed by atoms with Crippen molar-refractivity contribution >= 4 is 11.8 Å². The second-order valence-electron chi connectivity index (χ2n) is 3.28. The minimum Gasteiger partial charge on any atom is -0.477 e. The number of nitrogens with zero attached hydrogens (tertiary/aromatic N) is 1. The lowest BCUT2D eigenvalue weighted by atomic mass is 10.1. The molecule has 0 atom stereocenters. The van der Waals surface area contributed by atoms with Crippen molar-refractivity contribution in [2.45, 2.75) is 12.3 Å². The fourth-order valence-electron chi connectivity index (χ4n) is 1.19. The van der Waals surface area contributed by atoms with Crippen molar-refractivity contribution in [1.82, 2.24) is 4.57 Å². The van der Waals surface area contributed by atoms with Crippen molar-refractivity contribution in [3.05, 3.63) is 23.5 Å². The van der Waals surface area contributed by atoms with Crippen LogP contribution < -0.4 is 0 Å². The van der Waals surface area contributed by atoms with E-state index in [0.29, 0.717) is 6.07 Å². The first-order valence-electron chi connectivity index (χ1n) is 4.28. The van der Waals surface area contributed by atoms with Gasteiger partial charge in [-0.1, -0.05) is 0 Å². The van der Waals surface area contributed by atoms with E-state index in [9.17, 15) is 27.2 Å². The zero-order chi connectivity index (χ0) is 13.4. The summed E-state index contributed by atoms with van der Waals surface area (Å²) in [5, 5.41) is 8.60. The van der Waals surface area contributed by atoms with Crippen molar-refractivity contribution in [3.8, 4) is 0 Å². The summed E-state index contributed by atoms with van der Waals surface area (Å²) in [5.41, 5.74) is -1.21. The lowest BCUT2D eigenvalue weighted by Crippen LogP contribution is -2.36. The molecule has 0 unspecified atom stereocenters. The number of hydrogen-bond donors (Lipinski definition) is 1. The largest absolute Gasteiger partial charge is 0.477 e. The summed E-state index contributed by atoms with van der Waals surface area (Å²) >= 11 is 0. The van der Waals surface area contributed by atoms with Crippen LogP contribution in [0.4, 0.5) is 17.6 Å². The highest BCUT2D eigenvalue weighted by molar-refractivity contribution is 6.03. The summed E-state index contributed by atoms with van der Waals surface area (Å²) in [6.45, 7) is 0. The van der Waals surface area contributed by atoms with Gasteiger partial charge in [-0.3, -0.25) is 4.79 Å². The third-order valence-corrected chi connectivity index (χ3v) is 2.06. The highest BCUT2D eigenvalue weighted by atomic mass is 19.3. The molecule has 0 aliphatic heterocycles. The third kappa shape index (κ3) is 2.29. The molecule has 1 N–H and O–H groups in total. The number of alkyl halides is 4. The number of hydrogen-bond acceptors (Lipinski definition) is 2. The Morgan fingerprint density at radius 1 is 1.41 bits per heavy atom. The van der Waals surface area contributed by atoms with E-state index in [1.54, 1.807) is 0 Å². The Kier molecular flexibility index (Phi) is 3.25. The molecule has 0 aliphatic rings. The number of carboxylic acids is 1. The topological polar surface area (TPSA) is 59.3 Å². The average Bonchev–Trinajstić information content (AvgIpc) is 2.58. The molecule has 0 amide bonds. The highest BCUT2D eigenvalue weighted by Crippen LogP contribution is 2.28. The van der Waals surface area contributed by atoms with E-state index in [1.807, 2.05) is 0 Å². The number of halogens is 4. The van der Waals surface area contributed by atoms with E-state index in [2.05, 4.69) is 0 Å². The lowest BCUT2D eigenvalue weighted by Gasteiger charge is -2.12. The fraction of sp³-hybridized carbons (Fsp3) is 0.333. The van der Waals surface area contributed by atoms with E-state index in [4.69, 9.17) is 5.11 Å². The molecule has 0 radical (unpaired) electrons. The van der Waals surface area contributed by atoms with Gasteiger partial charge in [-0.15, -0.1) is 0 Å². The van der Waals surface area contributed by atoms with Crippen molar-refractivity contribution in [2.75, 3.05) is 0 Å². The Morgan fingerprint density at radius 2 is 1.94 bits per heavy atom. The van der Waals surface area contributed by atoms with Crippen LogP contribution in [0, 0.1) is 0 Å². The van der Waals surface area contributed by atoms with E-state index in [-0.39, 0.29) is 0 Å². The van der Waals surface area contributed by atoms with Gasteiger partial charge < -0.3 is 9.67 Å². The number of carbonyl (C=O) groups excluding carboxylic acids is 1. The van der Waals surface area contributed by atoms with Crippen LogP contribution in [0.1, 0.15) is 20.8 Å². The first kappa shape index (κ1) is 13.2. The third-order valence-electron chi connectivity index (χ3n) is 2.06. The van der Waals surface area contributed by atoms with Crippen LogP contribution in [0.25, 0.3) is 0 Å². The molecule has 0 fully saturated rings. The predicted molar refractivity (Wildman–Crippen MR) is 47.7 cm³/mol. The zero-order valence-electron chi connectivity index (χ0n) is 8.45. The Hall–Kier alpha value is -1.86. The molecule has 0 aromatic carbocycles. The van der Waals surface area contributed by atoms with Gasteiger partial charge in [0.25, 0.3) is 0 Å². The van der Waals surface area contributed by atoms with E-state index < -0.39 is 35.4 Å². The maximum atomic E-state index is 12.7. The van der Waals surface area contributed by atoms with Crippen molar-refractivity contribution in [3.63, 3.8) is 0 Å². The van der Waals surface area contributed by atoms with Crippen molar-refractivity contribution in [2.24, 2.45) is 7.05 Å². The van der Waals surface area contributed by atoms with Crippen LogP contribution in [0.15, 0.2) is 12.3 Å². The van der Waals surface area contributed by atoms with Crippen LogP contribution >= 0.6 is 0 Å². The Labute approximate surface area is 92.5 Å². The summed E-state index contributed by atoms with van der Waals surface area (Å²) in [7, 11) is 1.20. The van der Waals surface area contributed by atoms with E-state index >= 15 is 0 Å². The van der Waals surface area contributed by atoms with Gasteiger partial charge in [0, 0.05) is 18.8 Å². The smallest absolute Gasteiger partial charge is 0.368 e. The molecule has 0 saturated heterocycles. The number of Topliss-reactive ketones (excluding diaryl/α,β-unsaturated/α-hetero) is 1. The molecular formula is C9H7F4NO3. The van der Waals surface area contributed by atoms with Crippen molar-refractivity contribution in [1.29, 1.82) is 0 Å². The molecule has 0 saturated carbocycles. The van der Waals surface area contributed by atoms with Crippen LogP contribution in [0.5, 0.6) is 0 Å². The number of carbonyl (C=O) groups is 2. The van der Waals surface area contributed by atoms with Gasteiger partial charge in [-0.25, -0.2) is 13.6 Å². The molecule has 4 nitrogen and oxygen atoms in total. The summed E-state index contributed by atoms with van der Waals surface area (Å²) in [6, 6.07) is 0.626. The monoisotopic (exact) mass is 253 g/mol. The SMILES string of the molecule is Cn1cc(C(=O)C(F)(F)C(F)F)cc1C(=O)O. The normalized spacial score (nSPS) is 11.9. The maximum absolute atomic E-state index is 12.7. The second kappa shape index (κ2) is 4.19. The minimum absolute atomic E-state index is 0.446. The summed E-state index contributed by atoms with van der Waals surface area (Å²) in [4.78, 5) is 21.6. The summed E-state index contributed by atoms with van der Waals surface area (Å²) in [5.74, 6) is -8.38. The van der Waals surface area contributed by atoms with Crippen LogP contribution in [-0.2, 0) is 7.05 Å². The number of aryl methyl sites for hydroxylation is 1. The minimum atomic E-state index is -4.82. The van der Waals surface area contributed by atoms with E-state index in [1.165, 1.54) is 7.05 Å².